The summed E-state index contributed by atoms with van der Waals surface area (Å²) in [5, 5.41) is 5.85. The van der Waals surface area contributed by atoms with Gasteiger partial charge in [-0.15, -0.1) is 0 Å². The lowest BCUT2D eigenvalue weighted by Crippen LogP contribution is -2.57. The number of carbonyl (C=O) groups excluding carboxylic acids is 4. The highest BCUT2D eigenvalue weighted by Crippen LogP contribution is 2.28. The first-order chi connectivity index (χ1) is 22.7. The van der Waals surface area contributed by atoms with Crippen LogP contribution in [0.25, 0.3) is 0 Å². The van der Waals surface area contributed by atoms with E-state index in [2.05, 4.69) is 10.6 Å². The molecule has 0 aromatic heterocycles. The maximum Gasteiger partial charge on any atom is 0.408 e. The van der Waals surface area contributed by atoms with Gasteiger partial charge >= 0.3 is 12.1 Å². The minimum Gasteiger partial charge on any atom is -0.497 e. The summed E-state index contributed by atoms with van der Waals surface area (Å²) in [6.45, 7) is 13.3. The molecule has 0 saturated heterocycles. The van der Waals surface area contributed by atoms with Crippen molar-refractivity contribution in [3.05, 3.63) is 59.7 Å². The second kappa shape index (κ2) is 20.2. The van der Waals surface area contributed by atoms with E-state index in [4.69, 9.17) is 18.9 Å². The molecule has 2 aromatic rings. The number of hydrogen-bond acceptors (Lipinski definition) is 8. The first kappa shape index (κ1) is 39.9. The summed E-state index contributed by atoms with van der Waals surface area (Å²) in [6.07, 6.45) is 0.486. The largest absolute Gasteiger partial charge is 0.497 e. The lowest BCUT2D eigenvalue weighted by Gasteiger charge is -2.36. The Kier molecular flexibility index (Phi) is 16.8. The van der Waals surface area contributed by atoms with Crippen molar-refractivity contribution in [1.29, 1.82) is 0 Å². The van der Waals surface area contributed by atoms with Gasteiger partial charge in [-0.25, -0.2) is 4.79 Å². The number of carbonyl (C=O) groups is 4. The first-order valence-electron chi connectivity index (χ1n) is 16.7. The molecule has 3 atom stereocenters. The van der Waals surface area contributed by atoms with Crippen LogP contribution in [-0.2, 0) is 37.0 Å². The van der Waals surface area contributed by atoms with Crippen LogP contribution in [0.15, 0.2) is 48.5 Å². The number of ether oxygens (including phenoxy) is 4. The predicted octanol–water partition coefficient (Wildman–Crippen LogP) is 5.88. The number of esters is 1. The molecule has 2 rings (SSSR count). The molecule has 0 bridgehead atoms. The van der Waals surface area contributed by atoms with E-state index in [9.17, 15) is 19.2 Å². The molecule has 266 valence electrons. The monoisotopic (exact) mass is 669 g/mol. The second-order valence-electron chi connectivity index (χ2n) is 13.3. The van der Waals surface area contributed by atoms with Crippen LogP contribution in [0.1, 0.15) is 78.9 Å². The Balaban J connectivity index is 2.54. The molecule has 0 aliphatic heterocycles. The molecular formula is C37H55N3O8. The Labute approximate surface area is 286 Å². The molecule has 11 nitrogen and oxygen atoms in total. The highest BCUT2D eigenvalue weighted by Gasteiger charge is 2.37. The van der Waals surface area contributed by atoms with Gasteiger partial charge < -0.3 is 34.5 Å². The van der Waals surface area contributed by atoms with E-state index in [0.717, 1.165) is 5.56 Å². The van der Waals surface area contributed by atoms with Gasteiger partial charge in [-0.2, -0.15) is 0 Å². The molecule has 3 amide bonds. The maximum absolute atomic E-state index is 14.7. The van der Waals surface area contributed by atoms with Gasteiger partial charge in [0.25, 0.3) is 0 Å². The number of methoxy groups -OCH3 is 2. The van der Waals surface area contributed by atoms with Crippen LogP contribution in [-0.4, -0.2) is 67.7 Å². The molecule has 48 heavy (non-hydrogen) atoms. The van der Waals surface area contributed by atoms with Crippen molar-refractivity contribution in [1.82, 2.24) is 15.5 Å². The maximum atomic E-state index is 14.7. The third-order valence-corrected chi connectivity index (χ3v) is 7.59. The van der Waals surface area contributed by atoms with Gasteiger partial charge in [0.2, 0.25) is 11.8 Å². The average molecular weight is 670 g/mol. The van der Waals surface area contributed by atoms with Crippen molar-refractivity contribution in [2.45, 2.75) is 99.0 Å². The van der Waals surface area contributed by atoms with Crippen molar-refractivity contribution >= 4 is 23.9 Å². The fourth-order valence-electron chi connectivity index (χ4n) is 5.38. The zero-order chi connectivity index (χ0) is 35.8. The summed E-state index contributed by atoms with van der Waals surface area (Å²) in [6, 6.07) is 12.2. The van der Waals surface area contributed by atoms with Gasteiger partial charge in [0.05, 0.1) is 26.8 Å². The number of benzene rings is 2. The smallest absolute Gasteiger partial charge is 0.408 e. The highest BCUT2D eigenvalue weighted by atomic mass is 16.5. The molecule has 2 N–H and O–H groups in total. The van der Waals surface area contributed by atoms with Crippen LogP contribution < -0.4 is 20.1 Å². The van der Waals surface area contributed by atoms with Crippen molar-refractivity contribution in [3.8, 4) is 11.5 Å². The number of nitrogens with one attached hydrogen (secondary N) is 2. The molecule has 11 heteroatoms. The molecule has 0 radical (unpaired) electrons. The van der Waals surface area contributed by atoms with Crippen LogP contribution in [0.3, 0.4) is 0 Å². The molecule has 0 spiro atoms. The van der Waals surface area contributed by atoms with Crippen LogP contribution >= 0.6 is 0 Å². The van der Waals surface area contributed by atoms with Crippen molar-refractivity contribution in [2.24, 2.45) is 17.8 Å². The standard InChI is InChI=1S/C37H55N3O8/c1-24(2)17-30(23-47-27(7)41)38-35(42)33(19-26(5)6)40(21-29-15-16-31(45-8)20-34(29)46-9)36(43)32(18-25(3)4)39-37(44)48-22-28-13-11-10-12-14-28/h10-16,20,24-26,30,32-33H,17-19,21-23H2,1-9H3,(H,38,42)(H,39,44)/t30-,32-,33?/m0/s1. The van der Waals surface area contributed by atoms with Crippen LogP contribution in [0, 0.1) is 17.8 Å². The third kappa shape index (κ3) is 13.8. The van der Waals surface area contributed by atoms with Gasteiger partial charge in [-0.3, -0.25) is 14.4 Å². The fourth-order valence-corrected chi connectivity index (χ4v) is 5.38. The number of nitrogens with zero attached hydrogens (tertiary/aromatic N) is 1. The van der Waals surface area contributed by atoms with Gasteiger partial charge in [0, 0.05) is 18.6 Å². The summed E-state index contributed by atoms with van der Waals surface area (Å²) in [5.74, 6) is 0.0720. The van der Waals surface area contributed by atoms with Crippen molar-refractivity contribution in [2.75, 3.05) is 20.8 Å². The van der Waals surface area contributed by atoms with Crippen molar-refractivity contribution in [3.63, 3.8) is 0 Å². The van der Waals surface area contributed by atoms with E-state index in [1.807, 2.05) is 71.9 Å². The lowest BCUT2D eigenvalue weighted by atomic mass is 9.96. The van der Waals surface area contributed by atoms with Crippen LogP contribution in [0.2, 0.25) is 0 Å². The van der Waals surface area contributed by atoms with E-state index in [1.54, 1.807) is 25.3 Å². The summed E-state index contributed by atoms with van der Waals surface area (Å²) in [4.78, 5) is 55.1. The third-order valence-electron chi connectivity index (χ3n) is 7.59. The number of alkyl carbamates (subject to hydrolysis) is 1. The molecule has 1 unspecified atom stereocenters. The zero-order valence-corrected chi connectivity index (χ0v) is 30.0. The van der Waals surface area contributed by atoms with Gasteiger partial charge in [0.15, 0.2) is 0 Å². The Morgan fingerprint density at radius 3 is 1.98 bits per heavy atom. The van der Waals surface area contributed by atoms with Gasteiger partial charge in [-0.1, -0.05) is 71.9 Å². The quantitative estimate of drug-likeness (QED) is 0.177. The molecule has 0 aliphatic rings. The number of hydrogen-bond donors (Lipinski definition) is 2. The Bertz CT molecular complexity index is 1310. The van der Waals surface area contributed by atoms with E-state index in [0.29, 0.717) is 36.3 Å². The SMILES string of the molecule is COc1ccc(CN(C(=O)[C@H](CC(C)C)NC(=O)OCc2ccccc2)C(CC(C)C)C(=O)N[C@H](COC(C)=O)CC(C)C)c(OC)c1. The Morgan fingerprint density at radius 1 is 0.771 bits per heavy atom. The summed E-state index contributed by atoms with van der Waals surface area (Å²) in [5.41, 5.74) is 1.47. The van der Waals surface area contributed by atoms with Gasteiger partial charge in [-0.05, 0) is 54.7 Å². The minimum atomic E-state index is -0.979. The summed E-state index contributed by atoms with van der Waals surface area (Å²) < 4.78 is 21.8. The Morgan fingerprint density at radius 2 is 1.42 bits per heavy atom. The predicted molar refractivity (Wildman–Crippen MR) is 184 cm³/mol. The molecule has 0 saturated carbocycles. The molecule has 2 aromatic carbocycles. The van der Waals surface area contributed by atoms with E-state index in [1.165, 1.54) is 18.9 Å². The first-order valence-corrected chi connectivity index (χ1v) is 16.7. The van der Waals surface area contributed by atoms with E-state index in [-0.39, 0.29) is 43.4 Å². The van der Waals surface area contributed by atoms with E-state index < -0.39 is 36.1 Å². The lowest BCUT2D eigenvalue weighted by molar-refractivity contribution is -0.145. The average Bonchev–Trinajstić information content (AvgIpc) is 3.03. The van der Waals surface area contributed by atoms with Crippen molar-refractivity contribution < 1.29 is 38.1 Å². The van der Waals surface area contributed by atoms with Crippen LogP contribution in [0.4, 0.5) is 4.79 Å². The molecule has 0 heterocycles. The summed E-state index contributed by atoms with van der Waals surface area (Å²) >= 11 is 0. The summed E-state index contributed by atoms with van der Waals surface area (Å²) in [7, 11) is 3.08. The van der Waals surface area contributed by atoms with Crippen LogP contribution in [0.5, 0.6) is 11.5 Å². The number of amides is 3. The topological polar surface area (TPSA) is 132 Å². The fraction of sp³-hybridized carbons (Fsp3) is 0.568. The molecule has 0 fully saturated rings. The normalized spacial score (nSPS) is 13.0. The Hall–Kier alpha value is -4.28. The zero-order valence-electron chi connectivity index (χ0n) is 30.0. The highest BCUT2D eigenvalue weighted by molar-refractivity contribution is 5.91. The second-order valence-corrected chi connectivity index (χ2v) is 13.3. The number of rotatable bonds is 19. The van der Waals surface area contributed by atoms with E-state index >= 15 is 0 Å². The molecule has 0 aliphatic carbocycles. The molecular weight excluding hydrogens is 614 g/mol. The minimum absolute atomic E-state index is 0.0126. The van der Waals surface area contributed by atoms with Gasteiger partial charge in [0.1, 0.15) is 36.8 Å².